The van der Waals surface area contributed by atoms with Gasteiger partial charge in [-0.2, -0.15) is 0 Å². The van der Waals surface area contributed by atoms with Crippen LogP contribution in [0.2, 0.25) is 0 Å². The molecule has 95 heavy (non-hydrogen) atoms. The van der Waals surface area contributed by atoms with E-state index in [4.69, 9.17) is 18.9 Å². The summed E-state index contributed by atoms with van der Waals surface area (Å²) in [5, 5.41) is 11.8. The standard InChI is InChI=1S/C86H133NO8/c1-6-8-10-12-14-16-18-20-22-24-26-28-30-32-34-36-37-38-39-40-41-42-43-44-45-46-47-49-51-53-55-57-59-61-63-65-67-69-71-73-75-77-84(89)95-82(81-94-86(85(90)91)92-79-78-87(3,4)5)80-93-83(88)76-74-72-70-68-66-64-62-60-58-56-54-52-50-48-35-33-31-29-27-25-23-21-19-17-15-13-11-9-7-2/h8-11,14-17,20-23,26-29,32-35,37-38,40-41,43-44,46-47,50-53,57,59,63,65,82,86H,6-7,12-13,18-19,24-25,30-31,36,39,42,45,48-49,54-56,58,60-62,64,66-81H2,1-5H3/b10-8-,11-9-,16-14-,17-15-,22-20-,23-21-,28-26-,29-27-,34-32-,35-33-,38-37-,41-40-,44-43-,47-46-,52-50-,53-51-,59-57-,65-63-. The molecular formula is C86H133NO8. The van der Waals surface area contributed by atoms with Crippen LogP contribution in [-0.4, -0.2) is 82.3 Å². The summed E-state index contributed by atoms with van der Waals surface area (Å²) >= 11 is 0. The fourth-order valence-electron chi connectivity index (χ4n) is 9.17. The van der Waals surface area contributed by atoms with Crippen LogP contribution in [0.25, 0.3) is 0 Å². The van der Waals surface area contributed by atoms with Gasteiger partial charge in [-0.05, 0) is 154 Å². The lowest BCUT2D eigenvalue weighted by atomic mass is 10.1. The van der Waals surface area contributed by atoms with Gasteiger partial charge in [0.2, 0.25) is 0 Å². The van der Waals surface area contributed by atoms with Gasteiger partial charge in [0.15, 0.2) is 12.4 Å². The summed E-state index contributed by atoms with van der Waals surface area (Å²) in [6.07, 6.45) is 113. The van der Waals surface area contributed by atoms with Crippen molar-refractivity contribution in [2.75, 3.05) is 47.5 Å². The van der Waals surface area contributed by atoms with E-state index in [1.54, 1.807) is 0 Å². The normalized spacial score (nSPS) is 14.0. The van der Waals surface area contributed by atoms with E-state index in [1.807, 2.05) is 21.1 Å². The molecule has 530 valence electrons. The van der Waals surface area contributed by atoms with Crippen molar-refractivity contribution in [1.29, 1.82) is 0 Å². The van der Waals surface area contributed by atoms with Gasteiger partial charge in [-0.1, -0.05) is 297 Å². The molecule has 2 atom stereocenters. The number of ether oxygens (including phenoxy) is 4. The van der Waals surface area contributed by atoms with Gasteiger partial charge in [0.25, 0.3) is 0 Å². The molecule has 0 saturated carbocycles. The van der Waals surface area contributed by atoms with E-state index < -0.39 is 24.3 Å². The summed E-state index contributed by atoms with van der Waals surface area (Å²) < 4.78 is 22.8. The highest BCUT2D eigenvalue weighted by molar-refractivity contribution is 5.70. The summed E-state index contributed by atoms with van der Waals surface area (Å²) in [5.74, 6) is -2.35. The van der Waals surface area contributed by atoms with E-state index in [2.05, 4.69) is 233 Å². The predicted octanol–water partition coefficient (Wildman–Crippen LogP) is 22.4. The Morgan fingerprint density at radius 1 is 0.316 bits per heavy atom. The first-order valence-electron chi connectivity index (χ1n) is 36.9. The van der Waals surface area contributed by atoms with Crippen LogP contribution in [0.1, 0.15) is 245 Å². The van der Waals surface area contributed by atoms with E-state index in [9.17, 15) is 19.5 Å². The molecule has 0 spiro atoms. The smallest absolute Gasteiger partial charge is 0.306 e. The molecule has 0 aromatic heterocycles. The first-order valence-corrected chi connectivity index (χ1v) is 36.9. The Hall–Kier alpha value is -6.39. The molecule has 0 rings (SSSR count). The Bertz CT molecular complexity index is 2370. The molecule has 0 fully saturated rings. The monoisotopic (exact) mass is 1310 g/mol. The molecule has 9 heteroatoms. The highest BCUT2D eigenvalue weighted by Crippen LogP contribution is 2.15. The molecule has 0 aliphatic carbocycles. The Morgan fingerprint density at radius 2 is 0.568 bits per heavy atom. The molecule has 0 aliphatic rings. The van der Waals surface area contributed by atoms with Crippen molar-refractivity contribution in [1.82, 2.24) is 0 Å². The van der Waals surface area contributed by atoms with Crippen molar-refractivity contribution < 1.29 is 42.9 Å². The van der Waals surface area contributed by atoms with Crippen molar-refractivity contribution in [3.05, 3.63) is 219 Å². The number of likely N-dealkylation sites (N-methyl/N-ethyl adjacent to an activating group) is 1. The molecule has 2 unspecified atom stereocenters. The maximum absolute atomic E-state index is 12.9. The Balaban J connectivity index is 4.25. The second-order valence-electron chi connectivity index (χ2n) is 24.8. The zero-order valence-electron chi connectivity index (χ0n) is 60.4. The third-order valence-electron chi connectivity index (χ3n) is 14.7. The minimum Gasteiger partial charge on any atom is -0.545 e. The van der Waals surface area contributed by atoms with Crippen LogP contribution in [-0.2, 0) is 33.3 Å². The van der Waals surface area contributed by atoms with E-state index in [1.165, 1.54) is 38.5 Å². The SMILES string of the molecule is CC/C=C\C/C=C\C/C=C\C/C=C\C/C=C\C/C=C\C/C=C\C/C=C\C/C=C\C/C=C\C/C=C\C/C=C\CCCCCCC(=O)OC(COC(=O)CCCCCCCCCCCC/C=C\C/C=C\C/C=C\C/C=C\C/C=C\C/C=C\CC)COC(OCC[N+](C)(C)C)C(=O)[O-]. The molecule has 0 saturated heterocycles. The number of allylic oxidation sites excluding steroid dienone is 36. The van der Waals surface area contributed by atoms with Gasteiger partial charge < -0.3 is 33.3 Å². The van der Waals surface area contributed by atoms with E-state index in [-0.39, 0.29) is 38.6 Å². The number of hydrogen-bond donors (Lipinski definition) is 0. The lowest BCUT2D eigenvalue weighted by Gasteiger charge is -2.26. The minimum absolute atomic E-state index is 0.129. The van der Waals surface area contributed by atoms with Crippen LogP contribution in [0.15, 0.2) is 219 Å². The van der Waals surface area contributed by atoms with Crippen LogP contribution in [0.3, 0.4) is 0 Å². The number of carbonyl (C=O) groups is 3. The van der Waals surface area contributed by atoms with Crippen LogP contribution in [0.4, 0.5) is 0 Å². The Morgan fingerprint density at radius 3 is 0.842 bits per heavy atom. The van der Waals surface area contributed by atoms with E-state index in [0.29, 0.717) is 17.4 Å². The van der Waals surface area contributed by atoms with Gasteiger partial charge in [0.05, 0.1) is 40.3 Å². The zero-order valence-corrected chi connectivity index (χ0v) is 60.4. The van der Waals surface area contributed by atoms with Crippen LogP contribution < -0.4 is 5.11 Å². The number of carbonyl (C=O) groups excluding carboxylic acids is 3. The van der Waals surface area contributed by atoms with E-state index >= 15 is 0 Å². The Kier molecular flexibility index (Phi) is 68.5. The third kappa shape index (κ3) is 74.9. The summed E-state index contributed by atoms with van der Waals surface area (Å²) in [4.78, 5) is 37.5. The second kappa shape index (κ2) is 73.4. The fraction of sp³-hybridized carbons (Fsp3) is 0.547. The van der Waals surface area contributed by atoms with Crippen LogP contribution >= 0.6 is 0 Å². The van der Waals surface area contributed by atoms with Gasteiger partial charge in [0.1, 0.15) is 13.2 Å². The van der Waals surface area contributed by atoms with Crippen molar-refractivity contribution >= 4 is 17.9 Å². The third-order valence-corrected chi connectivity index (χ3v) is 14.7. The molecule has 9 nitrogen and oxygen atoms in total. The summed E-state index contributed by atoms with van der Waals surface area (Å²) in [6.45, 7) is 4.46. The highest BCUT2D eigenvalue weighted by atomic mass is 16.7. The Labute approximate surface area is 581 Å². The zero-order chi connectivity index (χ0) is 69.0. The molecular weight excluding hydrogens is 1170 g/mol. The first kappa shape index (κ1) is 88.6. The van der Waals surface area contributed by atoms with Crippen LogP contribution in [0.5, 0.6) is 0 Å². The van der Waals surface area contributed by atoms with Crippen molar-refractivity contribution in [3.63, 3.8) is 0 Å². The van der Waals surface area contributed by atoms with Gasteiger partial charge >= 0.3 is 11.9 Å². The quantitative estimate of drug-likeness (QED) is 0.0195. The minimum atomic E-state index is -1.65. The number of nitrogens with zero attached hydrogens (tertiary/aromatic N) is 1. The number of rotatable bonds is 65. The molecule has 0 aliphatic heterocycles. The van der Waals surface area contributed by atoms with Gasteiger partial charge in [0, 0.05) is 12.8 Å². The number of esters is 2. The average Bonchev–Trinajstić information content (AvgIpc) is 3.54. The van der Waals surface area contributed by atoms with Crippen LogP contribution in [0, 0.1) is 0 Å². The van der Waals surface area contributed by atoms with Crippen molar-refractivity contribution in [2.45, 2.75) is 257 Å². The molecule has 0 N–H and O–H groups in total. The topological polar surface area (TPSA) is 111 Å². The van der Waals surface area contributed by atoms with Gasteiger partial charge in [-0.25, -0.2) is 0 Å². The molecule has 0 bridgehead atoms. The molecule has 0 amide bonds. The van der Waals surface area contributed by atoms with E-state index in [0.717, 1.165) is 173 Å². The largest absolute Gasteiger partial charge is 0.545 e. The maximum atomic E-state index is 12.9. The number of hydrogen-bond acceptors (Lipinski definition) is 8. The van der Waals surface area contributed by atoms with Crippen molar-refractivity contribution in [2.24, 2.45) is 0 Å². The lowest BCUT2D eigenvalue weighted by molar-refractivity contribution is -0.870. The highest BCUT2D eigenvalue weighted by Gasteiger charge is 2.22. The number of carboxylic acids is 1. The molecule has 0 radical (unpaired) electrons. The average molecular weight is 1310 g/mol. The number of unbranched alkanes of at least 4 members (excludes halogenated alkanes) is 14. The predicted molar refractivity (Wildman–Crippen MR) is 407 cm³/mol. The van der Waals surface area contributed by atoms with Crippen molar-refractivity contribution in [3.8, 4) is 0 Å². The van der Waals surface area contributed by atoms with Gasteiger partial charge in [-0.3, -0.25) is 9.59 Å². The molecule has 0 aromatic carbocycles. The fourth-order valence-corrected chi connectivity index (χ4v) is 9.17. The maximum Gasteiger partial charge on any atom is 0.306 e. The summed E-state index contributed by atoms with van der Waals surface area (Å²) in [5.41, 5.74) is 0. The van der Waals surface area contributed by atoms with Gasteiger partial charge in [-0.15, -0.1) is 0 Å². The second-order valence-corrected chi connectivity index (χ2v) is 24.8. The summed E-state index contributed by atoms with van der Waals surface area (Å²) in [6, 6.07) is 0. The number of quaternary nitrogens is 1. The molecule has 0 heterocycles. The number of carboxylic acid groups (broad SMARTS) is 1. The molecule has 0 aromatic rings. The summed E-state index contributed by atoms with van der Waals surface area (Å²) in [7, 11) is 5.90. The lowest BCUT2D eigenvalue weighted by Crippen LogP contribution is -2.44. The number of aliphatic carboxylic acids is 1. The first-order chi connectivity index (χ1) is 46.6.